The van der Waals surface area contributed by atoms with Crippen LogP contribution in [0.5, 0.6) is 0 Å². The molecule has 0 aliphatic rings. The molecule has 0 saturated carbocycles. The number of aryl methyl sites for hydroxylation is 2. The third-order valence-corrected chi connectivity index (χ3v) is 6.02. The molecule has 2 N–H and O–H groups in total. The second-order valence-corrected chi connectivity index (χ2v) is 9.21. The predicted octanol–water partition coefficient (Wildman–Crippen LogP) is 4.70. The number of anilines is 1. The lowest BCUT2D eigenvalue weighted by Crippen LogP contribution is -2.46. The number of hydrogen-bond acceptors (Lipinski definition) is 6. The molecule has 156 valence electrons. The minimum absolute atomic E-state index is 0.0505. The molecular weight excluding hydrogens is 416 g/mol. The van der Waals surface area contributed by atoms with Crippen LogP contribution in [0, 0.1) is 19.8 Å². The van der Waals surface area contributed by atoms with Crippen molar-refractivity contribution in [1.82, 2.24) is 15.3 Å². The molecule has 6 nitrogen and oxygen atoms in total. The summed E-state index contributed by atoms with van der Waals surface area (Å²) < 4.78 is 0. The first-order valence-electron chi connectivity index (χ1n) is 9.57. The van der Waals surface area contributed by atoms with E-state index >= 15 is 0 Å². The van der Waals surface area contributed by atoms with Gasteiger partial charge in [0, 0.05) is 22.0 Å². The third-order valence-electron chi connectivity index (χ3n) is 4.27. The number of nitrogens with one attached hydrogen (secondary N) is 2. The number of hydrogen-bond donors (Lipinski definition) is 2. The Kier molecular flexibility index (Phi) is 7.23. The van der Waals surface area contributed by atoms with Crippen molar-refractivity contribution in [2.75, 3.05) is 5.32 Å². The fourth-order valence-electron chi connectivity index (χ4n) is 2.83. The van der Waals surface area contributed by atoms with Crippen LogP contribution in [0.2, 0.25) is 0 Å². The summed E-state index contributed by atoms with van der Waals surface area (Å²) in [5, 5.41) is 8.26. The molecular formula is C22H24N4O2S2. The molecule has 3 aromatic rings. The largest absolute Gasteiger partial charge is 0.339 e. The van der Waals surface area contributed by atoms with Gasteiger partial charge in [-0.25, -0.2) is 9.97 Å². The Morgan fingerprint density at radius 3 is 2.27 bits per heavy atom. The maximum atomic E-state index is 12.8. The average Bonchev–Trinajstić information content (AvgIpc) is 3.21. The number of amides is 2. The molecule has 0 radical (unpaired) electrons. The van der Waals surface area contributed by atoms with Gasteiger partial charge in [-0.05, 0) is 73.3 Å². The number of carbonyl (C=O) groups excluding carboxylic acids is 2. The standard InChI is InChI=1S/C22H24N4O2S2/c1-13(2)19(26-20(27)18-6-5-11-29-18)21(28)25-16-7-9-17(10-8-16)30-22-23-14(3)12-15(4)24-22/h5-13,19H,1-4H3,(H,25,28)(H,26,27). The van der Waals surface area contributed by atoms with Crippen molar-refractivity contribution in [1.29, 1.82) is 0 Å². The lowest BCUT2D eigenvalue weighted by Gasteiger charge is -2.21. The van der Waals surface area contributed by atoms with Crippen molar-refractivity contribution in [3.05, 3.63) is 64.1 Å². The van der Waals surface area contributed by atoms with E-state index in [-0.39, 0.29) is 17.7 Å². The monoisotopic (exact) mass is 440 g/mol. The minimum Gasteiger partial charge on any atom is -0.339 e. The number of benzene rings is 1. The highest BCUT2D eigenvalue weighted by Gasteiger charge is 2.25. The van der Waals surface area contributed by atoms with Gasteiger partial charge in [0.2, 0.25) is 5.91 Å². The Morgan fingerprint density at radius 2 is 1.70 bits per heavy atom. The smallest absolute Gasteiger partial charge is 0.262 e. The molecule has 1 unspecified atom stereocenters. The van der Waals surface area contributed by atoms with E-state index in [0.717, 1.165) is 16.3 Å². The summed E-state index contributed by atoms with van der Waals surface area (Å²) in [6, 6.07) is 12.4. The zero-order valence-electron chi connectivity index (χ0n) is 17.3. The highest BCUT2D eigenvalue weighted by molar-refractivity contribution is 7.99. The quantitative estimate of drug-likeness (QED) is 0.520. The van der Waals surface area contributed by atoms with Gasteiger partial charge < -0.3 is 10.6 Å². The molecule has 0 fully saturated rings. The maximum Gasteiger partial charge on any atom is 0.262 e. The van der Waals surface area contributed by atoms with Gasteiger partial charge in [0.05, 0.1) is 4.88 Å². The van der Waals surface area contributed by atoms with Gasteiger partial charge in [-0.3, -0.25) is 9.59 Å². The van der Waals surface area contributed by atoms with E-state index in [0.29, 0.717) is 15.7 Å². The van der Waals surface area contributed by atoms with Crippen LogP contribution < -0.4 is 10.6 Å². The fourth-order valence-corrected chi connectivity index (χ4v) is 4.32. The molecule has 2 amide bonds. The number of aromatic nitrogens is 2. The van der Waals surface area contributed by atoms with Crippen molar-refractivity contribution >= 4 is 40.6 Å². The van der Waals surface area contributed by atoms with Crippen LogP contribution in [0.1, 0.15) is 34.9 Å². The molecule has 0 saturated heterocycles. The normalized spacial score (nSPS) is 11.9. The van der Waals surface area contributed by atoms with Crippen LogP contribution in [0.25, 0.3) is 0 Å². The summed E-state index contributed by atoms with van der Waals surface area (Å²) in [7, 11) is 0. The number of carbonyl (C=O) groups is 2. The van der Waals surface area contributed by atoms with Gasteiger partial charge in [0.15, 0.2) is 5.16 Å². The molecule has 3 rings (SSSR count). The van der Waals surface area contributed by atoms with Crippen molar-refractivity contribution < 1.29 is 9.59 Å². The van der Waals surface area contributed by atoms with E-state index in [9.17, 15) is 9.59 Å². The minimum atomic E-state index is -0.627. The summed E-state index contributed by atoms with van der Waals surface area (Å²) in [6.45, 7) is 7.70. The van der Waals surface area contributed by atoms with Crippen LogP contribution in [0.4, 0.5) is 5.69 Å². The second kappa shape index (κ2) is 9.86. The van der Waals surface area contributed by atoms with Gasteiger partial charge in [-0.1, -0.05) is 19.9 Å². The lowest BCUT2D eigenvalue weighted by atomic mass is 10.0. The molecule has 2 heterocycles. The summed E-state index contributed by atoms with van der Waals surface area (Å²) in [5.41, 5.74) is 2.53. The average molecular weight is 441 g/mol. The van der Waals surface area contributed by atoms with Crippen LogP contribution in [0.15, 0.2) is 57.9 Å². The van der Waals surface area contributed by atoms with E-state index in [2.05, 4.69) is 20.6 Å². The number of nitrogens with zero attached hydrogens (tertiary/aromatic N) is 2. The summed E-state index contributed by atoms with van der Waals surface area (Å²) >= 11 is 2.82. The first kappa shape index (κ1) is 22.0. The van der Waals surface area contributed by atoms with Crippen molar-refractivity contribution in [2.24, 2.45) is 5.92 Å². The van der Waals surface area contributed by atoms with Gasteiger partial charge in [0.25, 0.3) is 5.91 Å². The summed E-state index contributed by atoms with van der Waals surface area (Å²) in [5.74, 6) is -0.530. The zero-order chi connectivity index (χ0) is 21.7. The van der Waals surface area contributed by atoms with Crippen LogP contribution >= 0.6 is 23.1 Å². The lowest BCUT2D eigenvalue weighted by molar-refractivity contribution is -0.118. The Hall–Kier alpha value is -2.71. The Labute approximate surface area is 184 Å². The first-order valence-corrected chi connectivity index (χ1v) is 11.3. The molecule has 0 aliphatic heterocycles. The van der Waals surface area contributed by atoms with E-state index in [1.165, 1.54) is 23.1 Å². The Bertz CT molecular complexity index is 998. The number of thiophene rings is 1. The molecule has 1 aromatic carbocycles. The highest BCUT2D eigenvalue weighted by atomic mass is 32.2. The summed E-state index contributed by atoms with van der Waals surface area (Å²) in [6.07, 6.45) is 0. The topological polar surface area (TPSA) is 84.0 Å². The molecule has 0 aliphatic carbocycles. The maximum absolute atomic E-state index is 12.8. The predicted molar refractivity (Wildman–Crippen MR) is 121 cm³/mol. The second-order valence-electron chi connectivity index (χ2n) is 7.22. The van der Waals surface area contributed by atoms with Crippen LogP contribution in [0.3, 0.4) is 0 Å². The third kappa shape index (κ3) is 5.90. The van der Waals surface area contributed by atoms with Gasteiger partial charge in [-0.15, -0.1) is 11.3 Å². The van der Waals surface area contributed by atoms with E-state index < -0.39 is 6.04 Å². The van der Waals surface area contributed by atoms with Crippen molar-refractivity contribution in [2.45, 2.75) is 43.8 Å². The number of rotatable bonds is 7. The molecule has 1 atom stereocenters. The summed E-state index contributed by atoms with van der Waals surface area (Å²) in [4.78, 5) is 35.5. The molecule has 30 heavy (non-hydrogen) atoms. The molecule has 2 aromatic heterocycles. The first-order chi connectivity index (χ1) is 14.3. The molecule has 8 heteroatoms. The van der Waals surface area contributed by atoms with E-state index in [1.54, 1.807) is 6.07 Å². The van der Waals surface area contributed by atoms with Crippen LogP contribution in [-0.2, 0) is 4.79 Å². The van der Waals surface area contributed by atoms with Crippen molar-refractivity contribution in [3.63, 3.8) is 0 Å². The van der Waals surface area contributed by atoms with Crippen molar-refractivity contribution in [3.8, 4) is 0 Å². The Balaban J connectivity index is 1.64. The van der Waals surface area contributed by atoms with E-state index in [1.807, 2.05) is 69.5 Å². The van der Waals surface area contributed by atoms with E-state index in [4.69, 9.17) is 0 Å². The van der Waals surface area contributed by atoms with Gasteiger partial charge in [-0.2, -0.15) is 0 Å². The highest BCUT2D eigenvalue weighted by Crippen LogP contribution is 2.26. The molecule has 0 spiro atoms. The van der Waals surface area contributed by atoms with Gasteiger partial charge in [0.1, 0.15) is 6.04 Å². The molecule has 0 bridgehead atoms. The SMILES string of the molecule is Cc1cc(C)nc(Sc2ccc(NC(=O)C(NC(=O)c3cccs3)C(C)C)cc2)n1. The zero-order valence-corrected chi connectivity index (χ0v) is 18.9. The fraction of sp³-hybridized carbons (Fsp3) is 0.273. The van der Waals surface area contributed by atoms with Gasteiger partial charge >= 0.3 is 0 Å². The Morgan fingerprint density at radius 1 is 1.03 bits per heavy atom. The van der Waals surface area contributed by atoms with Crippen LogP contribution in [-0.4, -0.2) is 27.8 Å².